The monoisotopic (exact) mass is 411 g/mol. The van der Waals surface area contributed by atoms with Gasteiger partial charge in [0.15, 0.2) is 12.4 Å². The third-order valence-corrected chi connectivity index (χ3v) is 4.17. The van der Waals surface area contributed by atoms with E-state index in [1.165, 1.54) is 38.3 Å². The molecule has 0 radical (unpaired) electrons. The minimum atomic E-state index is -0.566. The highest BCUT2D eigenvalue weighted by Gasteiger charge is 2.15. The number of nitrogens with zero attached hydrogens (tertiary/aromatic N) is 3. The molecule has 1 aromatic heterocycles. The van der Waals surface area contributed by atoms with Crippen molar-refractivity contribution in [2.24, 2.45) is 0 Å². The van der Waals surface area contributed by atoms with E-state index in [-0.39, 0.29) is 36.3 Å². The van der Waals surface area contributed by atoms with E-state index in [1.54, 1.807) is 18.2 Å². The highest BCUT2D eigenvalue weighted by Crippen LogP contribution is 2.23. The van der Waals surface area contributed by atoms with Crippen molar-refractivity contribution >= 4 is 17.4 Å². The van der Waals surface area contributed by atoms with Crippen molar-refractivity contribution < 1.29 is 28.4 Å². The first kappa shape index (κ1) is 20.6. The number of Topliss-reactive ketones (excluding diaryl/α,β-unsaturated/α-hetero) is 1. The van der Waals surface area contributed by atoms with Gasteiger partial charge in [0.2, 0.25) is 5.89 Å². The van der Waals surface area contributed by atoms with Gasteiger partial charge in [-0.1, -0.05) is 0 Å². The molecule has 0 bridgehead atoms. The zero-order valence-electron chi connectivity index (χ0n) is 16.2. The third kappa shape index (κ3) is 4.85. The zero-order chi connectivity index (χ0) is 21.7. The number of esters is 1. The second kappa shape index (κ2) is 8.95. The lowest BCUT2D eigenvalue weighted by molar-refractivity contribution is -0.384. The minimum Gasteiger partial charge on any atom is -0.496 e. The van der Waals surface area contributed by atoms with Crippen LogP contribution in [-0.2, 0) is 22.6 Å². The standard InChI is InChI=1S/C20H17N3O7/c1-12(24)14-5-8-17(28-2)15(9-14)10-19(25)29-11-18-21-22-20(30-18)13-3-6-16(7-4-13)23(26)27/h3-9H,10-11H2,1-2H3. The lowest BCUT2D eigenvalue weighted by atomic mass is 10.0. The predicted octanol–water partition coefficient (Wildman–Crippen LogP) is 3.14. The highest BCUT2D eigenvalue weighted by molar-refractivity contribution is 5.94. The second-order valence-corrected chi connectivity index (χ2v) is 6.23. The number of nitro benzene ring substituents is 1. The molecule has 1 heterocycles. The fourth-order valence-electron chi connectivity index (χ4n) is 2.64. The van der Waals surface area contributed by atoms with E-state index in [4.69, 9.17) is 13.9 Å². The maximum Gasteiger partial charge on any atom is 0.310 e. The highest BCUT2D eigenvalue weighted by atomic mass is 16.6. The molecule has 0 atom stereocenters. The van der Waals surface area contributed by atoms with Gasteiger partial charge in [-0.2, -0.15) is 0 Å². The van der Waals surface area contributed by atoms with Crippen LogP contribution in [0.5, 0.6) is 5.75 Å². The Morgan fingerprint density at radius 3 is 2.50 bits per heavy atom. The summed E-state index contributed by atoms with van der Waals surface area (Å²) in [5.74, 6) is -0.0101. The summed E-state index contributed by atoms with van der Waals surface area (Å²) in [6, 6.07) is 10.4. The molecular weight excluding hydrogens is 394 g/mol. The quantitative estimate of drug-likeness (QED) is 0.237. The number of rotatable bonds is 8. The molecular formula is C20H17N3O7. The minimum absolute atomic E-state index is 0.0586. The number of carbonyl (C=O) groups excluding carboxylic acids is 2. The van der Waals surface area contributed by atoms with Gasteiger partial charge in [-0.3, -0.25) is 19.7 Å². The third-order valence-electron chi connectivity index (χ3n) is 4.17. The van der Waals surface area contributed by atoms with Gasteiger partial charge < -0.3 is 13.9 Å². The van der Waals surface area contributed by atoms with Gasteiger partial charge in [-0.25, -0.2) is 0 Å². The normalized spacial score (nSPS) is 10.5. The van der Waals surface area contributed by atoms with Crippen LogP contribution in [0.2, 0.25) is 0 Å². The molecule has 10 heteroatoms. The van der Waals surface area contributed by atoms with Gasteiger partial charge in [-0.15, -0.1) is 10.2 Å². The number of nitro groups is 1. The first-order chi connectivity index (χ1) is 14.4. The van der Waals surface area contributed by atoms with E-state index in [0.29, 0.717) is 22.4 Å². The topological polar surface area (TPSA) is 135 Å². The molecule has 30 heavy (non-hydrogen) atoms. The van der Waals surface area contributed by atoms with E-state index >= 15 is 0 Å². The molecule has 0 saturated carbocycles. The van der Waals surface area contributed by atoms with E-state index < -0.39 is 10.9 Å². The lowest BCUT2D eigenvalue weighted by Gasteiger charge is -2.09. The van der Waals surface area contributed by atoms with Crippen molar-refractivity contribution in [3.8, 4) is 17.2 Å². The van der Waals surface area contributed by atoms with E-state index in [0.717, 1.165) is 0 Å². The fraction of sp³-hybridized carbons (Fsp3) is 0.200. The van der Waals surface area contributed by atoms with Crippen LogP contribution in [0.4, 0.5) is 5.69 Å². The summed E-state index contributed by atoms with van der Waals surface area (Å²) in [5.41, 5.74) is 1.42. The van der Waals surface area contributed by atoms with Crippen LogP contribution in [0.25, 0.3) is 11.5 Å². The molecule has 0 unspecified atom stereocenters. The van der Waals surface area contributed by atoms with Crippen molar-refractivity contribution in [2.75, 3.05) is 7.11 Å². The summed E-state index contributed by atoms with van der Waals surface area (Å²) in [6.07, 6.45) is -0.104. The molecule has 3 aromatic rings. The molecule has 0 spiro atoms. The van der Waals surface area contributed by atoms with E-state index in [1.807, 2.05) is 0 Å². The van der Waals surface area contributed by atoms with Crippen molar-refractivity contribution in [3.63, 3.8) is 0 Å². The van der Waals surface area contributed by atoms with Gasteiger partial charge in [0.25, 0.3) is 11.6 Å². The van der Waals surface area contributed by atoms with Gasteiger partial charge in [-0.05, 0) is 37.3 Å². The summed E-state index contributed by atoms with van der Waals surface area (Å²) < 4.78 is 15.8. The Balaban J connectivity index is 1.62. The number of carbonyl (C=O) groups is 2. The smallest absolute Gasteiger partial charge is 0.310 e. The summed E-state index contributed by atoms with van der Waals surface area (Å²) >= 11 is 0. The van der Waals surface area contributed by atoms with Crippen molar-refractivity contribution in [3.05, 3.63) is 69.6 Å². The van der Waals surface area contributed by atoms with Crippen LogP contribution in [0, 0.1) is 10.1 Å². The summed E-state index contributed by atoms with van der Waals surface area (Å²) in [4.78, 5) is 33.9. The molecule has 2 aromatic carbocycles. The average molecular weight is 411 g/mol. The van der Waals surface area contributed by atoms with E-state index in [9.17, 15) is 19.7 Å². The fourth-order valence-corrected chi connectivity index (χ4v) is 2.64. The predicted molar refractivity (Wildman–Crippen MR) is 103 cm³/mol. The van der Waals surface area contributed by atoms with Crippen LogP contribution < -0.4 is 4.74 Å². The molecule has 3 rings (SSSR count). The number of hydrogen-bond donors (Lipinski definition) is 0. The van der Waals surface area contributed by atoms with Crippen LogP contribution in [0.15, 0.2) is 46.9 Å². The number of ether oxygens (including phenoxy) is 2. The first-order valence-corrected chi connectivity index (χ1v) is 8.78. The second-order valence-electron chi connectivity index (χ2n) is 6.23. The maximum absolute atomic E-state index is 12.2. The Kier molecular flexibility index (Phi) is 6.16. The van der Waals surface area contributed by atoms with Gasteiger partial charge in [0.1, 0.15) is 5.75 Å². The molecule has 0 fully saturated rings. The largest absolute Gasteiger partial charge is 0.496 e. The van der Waals surface area contributed by atoms with Gasteiger partial charge >= 0.3 is 5.97 Å². The van der Waals surface area contributed by atoms with Crippen LogP contribution >= 0.6 is 0 Å². The van der Waals surface area contributed by atoms with Gasteiger partial charge in [0.05, 0.1) is 18.5 Å². The Bertz CT molecular complexity index is 1090. The average Bonchev–Trinajstić information content (AvgIpc) is 3.21. The summed E-state index contributed by atoms with van der Waals surface area (Å²) in [5, 5.41) is 18.4. The van der Waals surface area contributed by atoms with Crippen LogP contribution in [-0.4, -0.2) is 34.0 Å². The molecule has 0 aliphatic heterocycles. The molecule has 0 N–H and O–H groups in total. The summed E-state index contributed by atoms with van der Waals surface area (Å²) in [7, 11) is 1.47. The Morgan fingerprint density at radius 2 is 1.87 bits per heavy atom. The maximum atomic E-state index is 12.2. The van der Waals surface area contributed by atoms with Crippen LogP contribution in [0.1, 0.15) is 28.7 Å². The Labute approximate surface area is 170 Å². The molecule has 10 nitrogen and oxygen atoms in total. The molecule has 0 saturated heterocycles. The molecule has 0 aliphatic rings. The zero-order valence-corrected chi connectivity index (χ0v) is 16.2. The Hall–Kier alpha value is -4.08. The molecule has 0 amide bonds. The molecule has 154 valence electrons. The lowest BCUT2D eigenvalue weighted by Crippen LogP contribution is -2.10. The number of non-ortho nitro benzene ring substituents is 1. The van der Waals surface area contributed by atoms with Crippen molar-refractivity contribution in [2.45, 2.75) is 20.0 Å². The first-order valence-electron chi connectivity index (χ1n) is 8.78. The number of benzene rings is 2. The SMILES string of the molecule is COc1ccc(C(C)=O)cc1CC(=O)OCc1nnc(-c2ccc([N+](=O)[O-])cc2)o1. The number of methoxy groups -OCH3 is 1. The number of ketones is 1. The summed E-state index contributed by atoms with van der Waals surface area (Å²) in [6.45, 7) is 1.19. The van der Waals surface area contributed by atoms with Gasteiger partial charge in [0, 0.05) is 28.8 Å². The van der Waals surface area contributed by atoms with Crippen molar-refractivity contribution in [1.29, 1.82) is 0 Å². The van der Waals surface area contributed by atoms with Crippen molar-refractivity contribution in [1.82, 2.24) is 10.2 Å². The van der Waals surface area contributed by atoms with Crippen LogP contribution in [0.3, 0.4) is 0 Å². The Morgan fingerprint density at radius 1 is 1.13 bits per heavy atom. The van der Waals surface area contributed by atoms with E-state index in [2.05, 4.69) is 10.2 Å². The number of aromatic nitrogens is 2. The molecule has 0 aliphatic carbocycles. The number of hydrogen-bond acceptors (Lipinski definition) is 9.